The number of carbonyl (C=O) groups is 8. The van der Waals surface area contributed by atoms with Gasteiger partial charge in [-0.05, 0) is 94.1 Å². The highest BCUT2D eigenvalue weighted by atomic mass is 32.1. The van der Waals surface area contributed by atoms with Crippen LogP contribution in [0.5, 0.6) is 0 Å². The minimum Gasteiger partial charge on any atom is -0.458 e. The van der Waals surface area contributed by atoms with Gasteiger partial charge in [-0.2, -0.15) is 26.3 Å². The Hall–Kier alpha value is -11.2. The number of esters is 4. The van der Waals surface area contributed by atoms with Crippen molar-refractivity contribution in [3.05, 3.63) is 280 Å². The van der Waals surface area contributed by atoms with E-state index < -0.39 is 142 Å². The van der Waals surface area contributed by atoms with Crippen molar-refractivity contribution in [3.8, 4) is 0 Å². The number of hydrogen-bond acceptors (Lipinski definition) is 18. The molecule has 0 spiro atoms. The smallest absolute Gasteiger partial charge is 0.416 e. The number of fused-ring (bicyclic) bond motifs is 9. The number of ether oxygens (including phenoxy) is 6. The van der Waals surface area contributed by atoms with Gasteiger partial charge in [0.2, 0.25) is 23.1 Å². The van der Waals surface area contributed by atoms with Crippen LogP contribution in [-0.2, 0) is 107 Å². The van der Waals surface area contributed by atoms with Crippen molar-refractivity contribution in [1.82, 2.24) is 9.97 Å². The number of alkyl halides is 6. The van der Waals surface area contributed by atoms with E-state index in [4.69, 9.17) is 38.4 Å². The number of thiazole rings is 2. The van der Waals surface area contributed by atoms with Crippen molar-refractivity contribution in [2.45, 2.75) is 50.0 Å². The van der Waals surface area contributed by atoms with Crippen LogP contribution >= 0.6 is 22.7 Å². The SMILES string of the molecule is O=C1C(=O)c2ccc(C(F)(F)F)cc2/C1=C/c1nc2c(s1)C1=CC3C=C4OC(C(=O)OCc5ccccc5)(C(=O)OCc5ccccc5)c5nc(/C=C6\C(=O)C(=O)c7ccc(C(F)(F)F)cc76)sc5C4=CC3C=C1OC2(C(=O)OCc1ccccc1)C(=O)OCc1ccccc1. The van der Waals surface area contributed by atoms with E-state index in [0.717, 1.165) is 47.0 Å². The van der Waals surface area contributed by atoms with Crippen LogP contribution in [0.25, 0.3) is 34.4 Å². The number of benzene rings is 6. The molecule has 16 nitrogen and oxygen atoms in total. The molecular weight excluding hydrogens is 1290 g/mol. The van der Waals surface area contributed by atoms with E-state index in [0.29, 0.717) is 46.5 Å². The number of carbonyl (C=O) groups excluding carboxylic acids is 8. The number of ketones is 4. The minimum atomic E-state index is -4.89. The molecule has 0 amide bonds. The highest BCUT2D eigenvalue weighted by molar-refractivity contribution is 7.14. The molecule has 478 valence electrons. The highest BCUT2D eigenvalue weighted by Gasteiger charge is 2.63. The first-order valence-electron chi connectivity index (χ1n) is 29.3. The van der Waals surface area contributed by atoms with Gasteiger partial charge in [-0.15, -0.1) is 22.7 Å². The highest BCUT2D eigenvalue weighted by Crippen LogP contribution is 2.56. The molecule has 0 saturated heterocycles. The Morgan fingerprint density at radius 3 is 1.04 bits per heavy atom. The molecule has 14 rings (SSSR count). The van der Waals surface area contributed by atoms with Gasteiger partial charge in [0.25, 0.3) is 0 Å². The molecule has 2 aliphatic heterocycles. The molecule has 0 bridgehead atoms. The maximum atomic E-state index is 15.3. The van der Waals surface area contributed by atoms with Crippen molar-refractivity contribution in [2.75, 3.05) is 0 Å². The molecule has 2 atom stereocenters. The largest absolute Gasteiger partial charge is 0.458 e. The zero-order valence-corrected chi connectivity index (χ0v) is 50.8. The lowest BCUT2D eigenvalue weighted by Gasteiger charge is -2.40. The van der Waals surface area contributed by atoms with Crippen LogP contribution in [0.1, 0.15) is 96.4 Å². The third-order valence-corrected chi connectivity index (χ3v) is 18.6. The Balaban J connectivity index is 0.942. The fraction of sp³-hybridized carbons (Fsp3) is 0.139. The van der Waals surface area contributed by atoms with Crippen LogP contribution in [0, 0.1) is 11.8 Å². The summed E-state index contributed by atoms with van der Waals surface area (Å²) in [6.07, 6.45) is -1.34. The summed E-state index contributed by atoms with van der Waals surface area (Å²) >= 11 is 1.52. The quantitative estimate of drug-likeness (QED) is 0.0247. The van der Waals surface area contributed by atoms with Gasteiger partial charge in [-0.3, -0.25) is 19.2 Å². The summed E-state index contributed by atoms with van der Waals surface area (Å²) in [6.45, 7) is -1.68. The number of hydrogen-bond donors (Lipinski definition) is 0. The Kier molecular flexibility index (Phi) is 15.5. The molecule has 96 heavy (non-hydrogen) atoms. The fourth-order valence-electron chi connectivity index (χ4n) is 11.8. The predicted molar refractivity (Wildman–Crippen MR) is 331 cm³/mol. The molecule has 0 fully saturated rings. The molecule has 4 aliphatic carbocycles. The van der Waals surface area contributed by atoms with Gasteiger partial charge in [-0.25, -0.2) is 29.1 Å². The van der Waals surface area contributed by atoms with E-state index in [9.17, 15) is 45.5 Å². The number of aromatic nitrogens is 2. The van der Waals surface area contributed by atoms with E-state index in [2.05, 4.69) is 0 Å². The fourth-order valence-corrected chi connectivity index (χ4v) is 14.0. The molecule has 0 saturated carbocycles. The van der Waals surface area contributed by atoms with Crippen LogP contribution < -0.4 is 0 Å². The number of Topliss-reactive ketones (excluding diaryl/α,β-unsaturated/α-hetero) is 4. The zero-order valence-electron chi connectivity index (χ0n) is 49.2. The number of allylic oxidation sites excluding steroid dienone is 8. The molecule has 6 aromatic carbocycles. The minimum absolute atomic E-state index is 0.0134. The van der Waals surface area contributed by atoms with E-state index in [-0.39, 0.29) is 64.7 Å². The second-order valence-corrected chi connectivity index (χ2v) is 24.7. The molecular formula is C72H42F6N2O14S2. The van der Waals surface area contributed by atoms with E-state index in [1.807, 2.05) is 0 Å². The normalized spacial score (nSPS) is 18.5. The van der Waals surface area contributed by atoms with Crippen molar-refractivity contribution < 1.29 is 93.1 Å². The predicted octanol–water partition coefficient (Wildman–Crippen LogP) is 13.2. The number of rotatable bonds is 14. The first-order valence-corrected chi connectivity index (χ1v) is 30.9. The second-order valence-electron chi connectivity index (χ2n) is 22.6. The average Bonchev–Trinajstić information content (AvgIpc) is 1.30. The second kappa shape index (κ2) is 24.0. The summed E-state index contributed by atoms with van der Waals surface area (Å²) < 4.78 is 122. The van der Waals surface area contributed by atoms with Crippen LogP contribution in [0.2, 0.25) is 0 Å². The summed E-state index contributed by atoms with van der Waals surface area (Å²) in [7, 11) is 0. The molecule has 8 aromatic rings. The maximum absolute atomic E-state index is 15.3. The third-order valence-electron chi connectivity index (χ3n) is 16.6. The van der Waals surface area contributed by atoms with Crippen molar-refractivity contribution in [2.24, 2.45) is 11.8 Å². The standard InChI is InChI=1S/C72H42F6N2O14S2/c73-71(74,75)43-21-23-45-47(29-43)49(59(83)57(45)81)31-55-79-63-61(95-55)51-25-42-28-54-52(26-41(42)27-53(51)93-69(63,65(85)89-33-37-13-5-1-6-14-37)66(86)90-34-38-15-7-2-8-16-38)62-64(80-56(96-62)32-50-48-30-44(72(76,77)78)22-24-46(48)58(82)60(50)84)70(94-54,67(87)91-35-39-17-9-3-10-18-39)68(88)92-36-40-19-11-4-12-20-40/h1-32,41-42H,33-36H2/b49-31-,50-32-. The monoisotopic (exact) mass is 1340 g/mol. The molecule has 24 heteroatoms. The van der Waals surface area contributed by atoms with Gasteiger partial charge in [0.05, 0.1) is 20.9 Å². The Bertz CT molecular complexity index is 4460. The Morgan fingerprint density at radius 2 is 0.740 bits per heavy atom. The van der Waals surface area contributed by atoms with Gasteiger partial charge >= 0.3 is 47.4 Å². The number of halogens is 6. The summed E-state index contributed by atoms with van der Waals surface area (Å²) in [5, 5.41) is -0.399. The summed E-state index contributed by atoms with van der Waals surface area (Å²) in [4.78, 5) is 125. The van der Waals surface area contributed by atoms with Crippen molar-refractivity contribution >= 4 is 104 Å². The van der Waals surface area contributed by atoms with Crippen LogP contribution in [-0.4, -0.2) is 57.0 Å². The molecule has 2 unspecified atom stereocenters. The molecule has 4 heterocycles. The molecule has 6 aliphatic rings. The van der Waals surface area contributed by atoms with Gasteiger partial charge in [0.1, 0.15) is 59.3 Å². The van der Waals surface area contributed by atoms with E-state index in [1.54, 1.807) is 133 Å². The maximum Gasteiger partial charge on any atom is 0.416 e. The van der Waals surface area contributed by atoms with Crippen molar-refractivity contribution in [3.63, 3.8) is 0 Å². The van der Waals surface area contributed by atoms with Crippen LogP contribution in [0.3, 0.4) is 0 Å². The topological polar surface area (TPSA) is 218 Å². The van der Waals surface area contributed by atoms with Gasteiger partial charge in [0.15, 0.2) is 0 Å². The first-order chi connectivity index (χ1) is 46.1. The zero-order chi connectivity index (χ0) is 67.0. The molecule has 0 N–H and O–H groups in total. The van der Waals surface area contributed by atoms with Crippen molar-refractivity contribution in [1.29, 1.82) is 0 Å². The molecule has 2 aromatic heterocycles. The Labute approximate surface area is 546 Å². The van der Waals surface area contributed by atoms with Gasteiger partial charge in [0, 0.05) is 45.3 Å². The van der Waals surface area contributed by atoms with Gasteiger partial charge < -0.3 is 28.4 Å². The molecule has 0 radical (unpaired) electrons. The van der Waals surface area contributed by atoms with Gasteiger partial charge in [-0.1, -0.05) is 133 Å². The third kappa shape index (κ3) is 11.0. The lowest BCUT2D eigenvalue weighted by atomic mass is 9.76. The average molecular weight is 1340 g/mol. The van der Waals surface area contributed by atoms with Crippen LogP contribution in [0.4, 0.5) is 26.3 Å². The lowest BCUT2D eigenvalue weighted by molar-refractivity contribution is -0.191. The lowest BCUT2D eigenvalue weighted by Crippen LogP contribution is -2.51. The van der Waals surface area contributed by atoms with E-state index >= 15 is 19.2 Å². The Morgan fingerprint density at radius 1 is 0.427 bits per heavy atom. The summed E-state index contributed by atoms with van der Waals surface area (Å²) in [6, 6.07) is 38.0. The summed E-state index contributed by atoms with van der Waals surface area (Å²) in [5.41, 5.74) is -9.20. The first kappa shape index (κ1) is 62.2. The van der Waals surface area contributed by atoms with Crippen LogP contribution in [0.15, 0.2) is 194 Å². The summed E-state index contributed by atoms with van der Waals surface area (Å²) in [5.74, 6) is -12.0. The van der Waals surface area contributed by atoms with E-state index in [1.165, 1.54) is 12.2 Å². The number of nitrogens with zero attached hydrogens (tertiary/aromatic N) is 2.